The lowest BCUT2D eigenvalue weighted by Crippen LogP contribution is -2.04. The van der Waals surface area contributed by atoms with Gasteiger partial charge in [0.15, 0.2) is 0 Å². The van der Waals surface area contributed by atoms with Gasteiger partial charge in [-0.3, -0.25) is 0 Å². The summed E-state index contributed by atoms with van der Waals surface area (Å²) in [6, 6.07) is 16.0. The maximum Gasteiger partial charge on any atom is 0.335 e. The number of fused-ring (bicyclic) bond motifs is 1. The van der Waals surface area contributed by atoms with Crippen LogP contribution in [0, 0.1) is 13.8 Å². The monoisotopic (exact) mass is 454 g/mol. The molecule has 1 N–H and O–H groups in total. The van der Waals surface area contributed by atoms with E-state index >= 15 is 0 Å². The van der Waals surface area contributed by atoms with Crippen molar-refractivity contribution in [2.24, 2.45) is 0 Å². The van der Waals surface area contributed by atoms with E-state index in [1.165, 1.54) is 12.1 Å². The van der Waals surface area contributed by atoms with Crippen LogP contribution in [0.5, 0.6) is 5.75 Å². The van der Waals surface area contributed by atoms with Crippen LogP contribution in [0.3, 0.4) is 0 Å². The van der Waals surface area contributed by atoms with E-state index in [4.69, 9.17) is 38.0 Å². The molecule has 158 valence electrons. The first-order valence-corrected chi connectivity index (χ1v) is 10.4. The number of carboxylic acids is 1. The number of hydrogen-bond donors (Lipinski definition) is 1. The topological polar surface area (TPSA) is 64.3 Å². The second-order valence-corrected chi connectivity index (χ2v) is 8.23. The fourth-order valence-corrected chi connectivity index (χ4v) is 4.04. The third-order valence-corrected chi connectivity index (χ3v) is 5.71. The Morgan fingerprint density at radius 1 is 1.10 bits per heavy atom. The first kappa shape index (κ1) is 21.2. The van der Waals surface area contributed by atoms with Crippen molar-refractivity contribution in [2.45, 2.75) is 27.0 Å². The van der Waals surface area contributed by atoms with E-state index in [1.54, 1.807) is 18.2 Å². The number of halogens is 2. The van der Waals surface area contributed by atoms with E-state index in [-0.39, 0.29) is 5.56 Å². The van der Waals surface area contributed by atoms with Crippen LogP contribution in [0.1, 0.15) is 32.9 Å². The minimum Gasteiger partial charge on any atom is -0.489 e. The number of hydrogen-bond acceptors (Lipinski definition) is 3. The number of nitrogens with zero attached hydrogens (tertiary/aromatic N) is 2. The highest BCUT2D eigenvalue weighted by atomic mass is 35.5. The van der Waals surface area contributed by atoms with E-state index < -0.39 is 5.97 Å². The summed E-state index contributed by atoms with van der Waals surface area (Å²) in [6.45, 7) is 4.87. The van der Waals surface area contributed by atoms with Crippen molar-refractivity contribution in [2.75, 3.05) is 0 Å². The smallest absolute Gasteiger partial charge is 0.335 e. The zero-order valence-electron chi connectivity index (χ0n) is 17.0. The van der Waals surface area contributed by atoms with Gasteiger partial charge in [0.05, 0.1) is 23.1 Å². The van der Waals surface area contributed by atoms with Crippen molar-refractivity contribution in [3.05, 3.63) is 92.7 Å². The van der Waals surface area contributed by atoms with Gasteiger partial charge in [-0.25, -0.2) is 9.78 Å². The van der Waals surface area contributed by atoms with Crippen LogP contribution in [-0.4, -0.2) is 20.6 Å². The highest BCUT2D eigenvalue weighted by Gasteiger charge is 2.13. The molecule has 7 heteroatoms. The SMILES string of the molecule is Cc1cc(COc2cccc(C(=O)O)c2)cc2c1nc(C)n2Cc1ccc(Cl)cc1Cl. The van der Waals surface area contributed by atoms with Gasteiger partial charge in [0.25, 0.3) is 0 Å². The highest BCUT2D eigenvalue weighted by molar-refractivity contribution is 6.35. The van der Waals surface area contributed by atoms with Crippen molar-refractivity contribution in [3.8, 4) is 5.75 Å². The maximum atomic E-state index is 11.2. The number of benzene rings is 3. The van der Waals surface area contributed by atoms with Gasteiger partial charge in [-0.2, -0.15) is 0 Å². The molecule has 0 saturated carbocycles. The molecule has 0 spiro atoms. The molecule has 0 fully saturated rings. The molecule has 0 bridgehead atoms. The van der Waals surface area contributed by atoms with Crippen LogP contribution in [0.25, 0.3) is 11.0 Å². The molecule has 31 heavy (non-hydrogen) atoms. The van der Waals surface area contributed by atoms with Gasteiger partial charge >= 0.3 is 5.97 Å². The lowest BCUT2D eigenvalue weighted by Gasteiger charge is -2.11. The highest BCUT2D eigenvalue weighted by Crippen LogP contribution is 2.27. The summed E-state index contributed by atoms with van der Waals surface area (Å²) in [5.74, 6) is 0.412. The van der Waals surface area contributed by atoms with Gasteiger partial charge in [-0.05, 0) is 66.9 Å². The van der Waals surface area contributed by atoms with Crippen molar-refractivity contribution in [1.82, 2.24) is 9.55 Å². The fourth-order valence-electron chi connectivity index (χ4n) is 3.57. The first-order chi connectivity index (χ1) is 14.8. The lowest BCUT2D eigenvalue weighted by molar-refractivity contribution is 0.0696. The van der Waals surface area contributed by atoms with E-state index in [0.717, 1.165) is 33.5 Å². The van der Waals surface area contributed by atoms with Gasteiger partial charge in [0.1, 0.15) is 18.2 Å². The van der Waals surface area contributed by atoms with Gasteiger partial charge in [-0.1, -0.05) is 41.4 Å². The van der Waals surface area contributed by atoms with Crippen LogP contribution in [0.4, 0.5) is 0 Å². The van der Waals surface area contributed by atoms with E-state index in [1.807, 2.05) is 38.1 Å². The summed E-state index contributed by atoms with van der Waals surface area (Å²) in [4.78, 5) is 15.9. The first-order valence-electron chi connectivity index (χ1n) is 9.68. The summed E-state index contributed by atoms with van der Waals surface area (Å²) in [6.07, 6.45) is 0. The minimum absolute atomic E-state index is 0.192. The number of rotatable bonds is 6. The van der Waals surface area contributed by atoms with Crippen LogP contribution in [0.2, 0.25) is 10.0 Å². The third kappa shape index (κ3) is 4.53. The second-order valence-electron chi connectivity index (χ2n) is 7.38. The number of carbonyl (C=O) groups is 1. The third-order valence-electron chi connectivity index (χ3n) is 5.13. The van der Waals surface area contributed by atoms with Crippen LogP contribution < -0.4 is 4.74 Å². The maximum absolute atomic E-state index is 11.2. The predicted octanol–water partition coefficient (Wildman–Crippen LogP) is 6.29. The molecule has 0 aliphatic carbocycles. The Bertz CT molecular complexity index is 1300. The standard InChI is InChI=1S/C24H20Cl2N2O3/c1-14-8-16(13-31-20-5-3-4-17(10-20)24(29)30)9-22-23(14)27-15(2)28(22)12-18-6-7-19(25)11-21(18)26/h3-11H,12-13H2,1-2H3,(H,29,30). The molecule has 1 heterocycles. The number of aromatic nitrogens is 2. The molecule has 5 nitrogen and oxygen atoms in total. The normalized spacial score (nSPS) is 11.1. The molecule has 0 aliphatic rings. The van der Waals surface area contributed by atoms with Crippen molar-refractivity contribution in [1.29, 1.82) is 0 Å². The van der Waals surface area contributed by atoms with Crippen LogP contribution in [-0.2, 0) is 13.2 Å². The molecule has 0 aliphatic heterocycles. The number of aromatic carboxylic acids is 1. The summed E-state index contributed by atoms with van der Waals surface area (Å²) < 4.78 is 7.97. The zero-order valence-corrected chi connectivity index (χ0v) is 18.5. The predicted molar refractivity (Wildman–Crippen MR) is 123 cm³/mol. The van der Waals surface area contributed by atoms with E-state index in [2.05, 4.69) is 4.57 Å². The molecule has 4 aromatic rings. The number of ether oxygens (including phenoxy) is 1. The van der Waals surface area contributed by atoms with Crippen molar-refractivity contribution in [3.63, 3.8) is 0 Å². The molecule has 4 rings (SSSR count). The lowest BCUT2D eigenvalue weighted by atomic mass is 10.1. The number of imidazole rings is 1. The molecule has 1 aromatic heterocycles. The summed E-state index contributed by atoms with van der Waals surface area (Å²) in [5, 5.41) is 10.4. The summed E-state index contributed by atoms with van der Waals surface area (Å²) in [7, 11) is 0. The van der Waals surface area contributed by atoms with Gasteiger partial charge in [-0.15, -0.1) is 0 Å². The second kappa shape index (κ2) is 8.61. The molecule has 0 unspecified atom stereocenters. The molecular formula is C24H20Cl2N2O3. The van der Waals surface area contributed by atoms with Crippen LogP contribution in [0.15, 0.2) is 54.6 Å². The molecule has 0 saturated heterocycles. The number of aryl methyl sites for hydroxylation is 2. The number of carboxylic acid groups (broad SMARTS) is 1. The average molecular weight is 455 g/mol. The van der Waals surface area contributed by atoms with Crippen molar-refractivity contribution < 1.29 is 14.6 Å². The Kier molecular flexibility index (Phi) is 5.90. The molecule has 3 aromatic carbocycles. The summed E-state index contributed by atoms with van der Waals surface area (Å²) >= 11 is 12.4. The Morgan fingerprint density at radius 3 is 2.65 bits per heavy atom. The molecule has 0 radical (unpaired) electrons. The molecule has 0 amide bonds. The minimum atomic E-state index is -0.983. The van der Waals surface area contributed by atoms with Crippen molar-refractivity contribution >= 4 is 40.2 Å². The largest absolute Gasteiger partial charge is 0.489 e. The zero-order chi connectivity index (χ0) is 22.1. The van der Waals surface area contributed by atoms with E-state index in [9.17, 15) is 4.79 Å². The molecular weight excluding hydrogens is 435 g/mol. The Hall–Kier alpha value is -3.02. The van der Waals surface area contributed by atoms with Gasteiger partial charge in [0.2, 0.25) is 0 Å². The fraction of sp³-hybridized carbons (Fsp3) is 0.167. The van der Waals surface area contributed by atoms with Gasteiger partial charge in [0, 0.05) is 10.0 Å². The van der Waals surface area contributed by atoms with E-state index in [0.29, 0.717) is 28.9 Å². The Balaban J connectivity index is 1.65. The average Bonchev–Trinajstić information content (AvgIpc) is 3.04. The molecule has 0 atom stereocenters. The Labute approximate surface area is 189 Å². The quantitative estimate of drug-likeness (QED) is 0.371. The van der Waals surface area contributed by atoms with Crippen LogP contribution >= 0.6 is 23.2 Å². The Morgan fingerprint density at radius 2 is 1.90 bits per heavy atom. The summed E-state index contributed by atoms with van der Waals surface area (Å²) in [5.41, 5.74) is 5.07. The van der Waals surface area contributed by atoms with Gasteiger partial charge < -0.3 is 14.4 Å².